The molecule has 90 valence electrons. The van der Waals surface area contributed by atoms with E-state index in [1.165, 1.54) is 13.3 Å². The Morgan fingerprint density at radius 2 is 2.00 bits per heavy atom. The molecule has 0 aliphatic rings. The van der Waals surface area contributed by atoms with Gasteiger partial charge < -0.3 is 20.9 Å². The summed E-state index contributed by atoms with van der Waals surface area (Å²) in [5.41, 5.74) is 10.9. The monoisotopic (exact) mass is 237 g/mol. The van der Waals surface area contributed by atoms with E-state index >= 15 is 0 Å². The molecular weight excluding hydrogens is 227 g/mol. The lowest BCUT2D eigenvalue weighted by Gasteiger charge is -2.15. The molecule has 0 aliphatic carbocycles. The predicted molar refractivity (Wildman–Crippen MR) is 49.8 cm³/mol. The zero-order chi connectivity index (χ0) is 12.3. The summed E-state index contributed by atoms with van der Waals surface area (Å²) in [7, 11) is 1.19. The quantitative estimate of drug-likeness (QED) is 0.820. The van der Waals surface area contributed by atoms with Crippen LogP contribution in [0.2, 0.25) is 0 Å². The van der Waals surface area contributed by atoms with Gasteiger partial charge in [-0.3, -0.25) is 0 Å². The first kappa shape index (κ1) is 12.4. The smallest absolute Gasteiger partial charge is 0.492 e. The second-order valence-corrected chi connectivity index (χ2v) is 2.78. The summed E-state index contributed by atoms with van der Waals surface area (Å²) in [6.07, 6.45) is -3.63. The van der Waals surface area contributed by atoms with Crippen molar-refractivity contribution in [2.75, 3.05) is 12.8 Å². The zero-order valence-corrected chi connectivity index (χ0v) is 8.34. The SMILES string of the molecule is COc1c(CN)cnc(N)c1OC(F)(F)F. The first-order valence-electron chi connectivity index (χ1n) is 4.16. The number of nitrogens with two attached hydrogens (primary N) is 2. The van der Waals surface area contributed by atoms with Gasteiger partial charge in [0.15, 0.2) is 11.6 Å². The van der Waals surface area contributed by atoms with E-state index in [2.05, 4.69) is 9.72 Å². The molecule has 0 unspecified atom stereocenters. The molecule has 0 aliphatic heterocycles. The summed E-state index contributed by atoms with van der Waals surface area (Å²) in [6.45, 7) is -0.0370. The molecule has 1 aromatic heterocycles. The molecule has 5 nitrogen and oxygen atoms in total. The maximum absolute atomic E-state index is 12.1. The number of nitrogens with zero attached hydrogens (tertiary/aromatic N) is 1. The normalized spacial score (nSPS) is 11.3. The van der Waals surface area contributed by atoms with Crippen LogP contribution >= 0.6 is 0 Å². The van der Waals surface area contributed by atoms with Crippen LogP contribution in [0.5, 0.6) is 11.5 Å². The lowest BCUT2D eigenvalue weighted by atomic mass is 10.2. The van der Waals surface area contributed by atoms with Gasteiger partial charge in [-0.15, -0.1) is 13.2 Å². The van der Waals surface area contributed by atoms with E-state index in [1.54, 1.807) is 0 Å². The molecule has 0 fully saturated rings. The summed E-state index contributed by atoms with van der Waals surface area (Å²) in [5, 5.41) is 0. The number of alkyl halides is 3. The number of methoxy groups -OCH3 is 1. The van der Waals surface area contributed by atoms with Gasteiger partial charge in [0.05, 0.1) is 7.11 Å². The third-order valence-corrected chi connectivity index (χ3v) is 1.73. The molecule has 0 radical (unpaired) electrons. The number of hydrogen-bond acceptors (Lipinski definition) is 5. The van der Waals surface area contributed by atoms with Gasteiger partial charge in [-0.2, -0.15) is 0 Å². The molecule has 0 aromatic carbocycles. The van der Waals surface area contributed by atoms with Crippen LogP contribution in [0.4, 0.5) is 19.0 Å². The van der Waals surface area contributed by atoms with Crippen molar-refractivity contribution < 1.29 is 22.6 Å². The van der Waals surface area contributed by atoms with Gasteiger partial charge in [0.2, 0.25) is 5.75 Å². The minimum absolute atomic E-state index is 0.0370. The lowest BCUT2D eigenvalue weighted by Crippen LogP contribution is -2.19. The van der Waals surface area contributed by atoms with Crippen LogP contribution in [-0.2, 0) is 6.54 Å². The lowest BCUT2D eigenvalue weighted by molar-refractivity contribution is -0.274. The van der Waals surface area contributed by atoms with E-state index in [1.807, 2.05) is 0 Å². The highest BCUT2D eigenvalue weighted by Crippen LogP contribution is 2.38. The molecule has 0 amide bonds. The Kier molecular flexibility index (Phi) is 3.43. The number of pyridine rings is 1. The number of rotatable bonds is 3. The molecule has 1 rings (SSSR count). The van der Waals surface area contributed by atoms with Crippen LogP contribution in [0.3, 0.4) is 0 Å². The molecule has 1 heterocycles. The Labute approximate surface area is 89.1 Å². The Morgan fingerprint density at radius 3 is 2.44 bits per heavy atom. The average molecular weight is 237 g/mol. The number of aromatic nitrogens is 1. The highest BCUT2D eigenvalue weighted by molar-refractivity contribution is 5.58. The summed E-state index contributed by atoms with van der Waals surface area (Å²) < 4.78 is 44.7. The van der Waals surface area contributed by atoms with Gasteiger partial charge >= 0.3 is 6.36 Å². The number of ether oxygens (including phenoxy) is 2. The molecule has 4 N–H and O–H groups in total. The summed E-state index contributed by atoms with van der Waals surface area (Å²) >= 11 is 0. The van der Waals surface area contributed by atoms with Crippen LogP contribution in [-0.4, -0.2) is 18.5 Å². The topological polar surface area (TPSA) is 83.4 Å². The minimum atomic E-state index is -4.86. The Balaban J connectivity index is 3.23. The fourth-order valence-corrected chi connectivity index (χ4v) is 1.11. The summed E-state index contributed by atoms with van der Waals surface area (Å²) in [5.74, 6) is -1.24. The second-order valence-electron chi connectivity index (χ2n) is 2.78. The third-order valence-electron chi connectivity index (χ3n) is 1.73. The van der Waals surface area contributed by atoms with Gasteiger partial charge in [0.1, 0.15) is 0 Å². The van der Waals surface area contributed by atoms with Gasteiger partial charge in [-0.1, -0.05) is 0 Å². The van der Waals surface area contributed by atoms with E-state index in [9.17, 15) is 13.2 Å². The van der Waals surface area contributed by atoms with Gasteiger partial charge in [0, 0.05) is 18.3 Å². The van der Waals surface area contributed by atoms with Gasteiger partial charge in [-0.25, -0.2) is 4.98 Å². The van der Waals surface area contributed by atoms with E-state index in [0.29, 0.717) is 0 Å². The van der Waals surface area contributed by atoms with Crippen molar-refractivity contribution in [3.63, 3.8) is 0 Å². The predicted octanol–water partition coefficient (Wildman–Crippen LogP) is 1.03. The standard InChI is InChI=1S/C8H10F3N3O2/c1-15-5-4(2-12)3-14-7(13)6(5)16-8(9,10)11/h3H,2,12H2,1H3,(H2,13,14). The maximum Gasteiger partial charge on any atom is 0.573 e. The third kappa shape index (κ3) is 2.66. The van der Waals surface area contributed by atoms with Crippen molar-refractivity contribution in [3.05, 3.63) is 11.8 Å². The number of nitrogen functional groups attached to an aromatic ring is 1. The fraction of sp³-hybridized carbons (Fsp3) is 0.375. The highest BCUT2D eigenvalue weighted by atomic mass is 19.4. The highest BCUT2D eigenvalue weighted by Gasteiger charge is 2.34. The molecule has 0 saturated carbocycles. The molecule has 0 atom stereocenters. The van der Waals surface area contributed by atoms with E-state index in [-0.39, 0.29) is 17.9 Å². The van der Waals surface area contributed by atoms with Gasteiger partial charge in [0.25, 0.3) is 0 Å². The first-order valence-corrected chi connectivity index (χ1v) is 4.16. The van der Waals surface area contributed by atoms with Gasteiger partial charge in [-0.05, 0) is 0 Å². The molecule has 8 heteroatoms. The summed E-state index contributed by atoms with van der Waals surface area (Å²) in [6, 6.07) is 0. The van der Waals surface area contributed by atoms with E-state index < -0.39 is 17.9 Å². The van der Waals surface area contributed by atoms with E-state index in [0.717, 1.165) is 0 Å². The Morgan fingerprint density at radius 1 is 1.38 bits per heavy atom. The fourth-order valence-electron chi connectivity index (χ4n) is 1.11. The van der Waals surface area contributed by atoms with Crippen molar-refractivity contribution in [2.24, 2.45) is 5.73 Å². The maximum atomic E-state index is 12.1. The molecule has 0 spiro atoms. The van der Waals surface area contributed by atoms with Crippen LogP contribution in [0, 0.1) is 0 Å². The van der Waals surface area contributed by atoms with Crippen LogP contribution in [0.15, 0.2) is 6.20 Å². The van der Waals surface area contributed by atoms with Crippen LogP contribution in [0.25, 0.3) is 0 Å². The van der Waals surface area contributed by atoms with Crippen LogP contribution < -0.4 is 20.9 Å². The molecular formula is C8H10F3N3O2. The summed E-state index contributed by atoms with van der Waals surface area (Å²) in [4.78, 5) is 3.54. The second kappa shape index (κ2) is 4.44. The van der Waals surface area contributed by atoms with E-state index in [4.69, 9.17) is 16.2 Å². The zero-order valence-electron chi connectivity index (χ0n) is 8.34. The number of anilines is 1. The molecule has 0 saturated heterocycles. The van der Waals surface area contributed by atoms with Crippen molar-refractivity contribution in [3.8, 4) is 11.5 Å². The molecule has 0 bridgehead atoms. The van der Waals surface area contributed by atoms with Crippen molar-refractivity contribution in [1.29, 1.82) is 0 Å². The van der Waals surface area contributed by atoms with Crippen molar-refractivity contribution in [2.45, 2.75) is 12.9 Å². The minimum Gasteiger partial charge on any atom is -0.492 e. The van der Waals surface area contributed by atoms with Crippen molar-refractivity contribution in [1.82, 2.24) is 4.98 Å². The average Bonchev–Trinajstić information content (AvgIpc) is 2.19. The Bertz CT molecular complexity index is 382. The van der Waals surface area contributed by atoms with Crippen LogP contribution in [0.1, 0.15) is 5.56 Å². The molecule has 16 heavy (non-hydrogen) atoms. The Hall–Kier alpha value is -1.70. The largest absolute Gasteiger partial charge is 0.573 e. The van der Waals surface area contributed by atoms with Crippen molar-refractivity contribution >= 4 is 5.82 Å². The first-order chi connectivity index (χ1) is 7.39. The molecule has 1 aromatic rings. The number of hydrogen-bond donors (Lipinski definition) is 2. The number of halogens is 3.